The first-order chi connectivity index (χ1) is 28.5. The van der Waals surface area contributed by atoms with Gasteiger partial charge in [0.2, 0.25) is 5.91 Å². The number of aliphatic hydroxyl groups is 2. The third kappa shape index (κ3) is 40.8. The maximum absolute atomic E-state index is 13.2. The average molecular weight is 816 g/mol. The normalized spacial score (nSPS) is 13.5. The highest BCUT2D eigenvalue weighted by Crippen LogP contribution is 2.18. The molecule has 340 valence electrons. The molecule has 0 aliphatic heterocycles. The molecule has 0 aliphatic rings. The number of amides is 1. The number of nitrogens with one attached hydrogen (secondary N) is 1. The van der Waals surface area contributed by atoms with Crippen LogP contribution < -0.4 is 5.32 Å². The summed E-state index contributed by atoms with van der Waals surface area (Å²) in [5.41, 5.74) is 0. The SMILES string of the molecule is CC/C=C/C/C=C/C/C=C/CCCCCCCCC(=O)OC(CCCCCCCCCCCCCCC)CC(=O)NC(CO)C(O)CCCCCCCCCCCC. The molecule has 0 radical (unpaired) electrons. The third-order valence-electron chi connectivity index (χ3n) is 11.5. The average Bonchev–Trinajstić information content (AvgIpc) is 3.22. The molecule has 0 aromatic carbocycles. The van der Waals surface area contributed by atoms with Gasteiger partial charge < -0.3 is 20.3 Å². The van der Waals surface area contributed by atoms with Gasteiger partial charge in [-0.2, -0.15) is 0 Å². The molecular formula is C52H97NO5. The number of hydrogen-bond donors (Lipinski definition) is 3. The van der Waals surface area contributed by atoms with Crippen LogP contribution in [0.15, 0.2) is 36.5 Å². The van der Waals surface area contributed by atoms with E-state index < -0.39 is 18.2 Å². The van der Waals surface area contributed by atoms with Crippen molar-refractivity contribution in [1.82, 2.24) is 5.32 Å². The zero-order chi connectivity index (χ0) is 42.4. The number of hydrogen-bond acceptors (Lipinski definition) is 5. The van der Waals surface area contributed by atoms with Crippen molar-refractivity contribution in [1.29, 1.82) is 0 Å². The molecule has 1 amide bonds. The van der Waals surface area contributed by atoms with Crippen LogP contribution in [0.3, 0.4) is 0 Å². The molecule has 0 bridgehead atoms. The van der Waals surface area contributed by atoms with E-state index in [1.807, 2.05) is 0 Å². The van der Waals surface area contributed by atoms with Crippen LogP contribution in [0, 0.1) is 0 Å². The van der Waals surface area contributed by atoms with Gasteiger partial charge in [-0.05, 0) is 57.8 Å². The Morgan fingerprint density at radius 2 is 0.931 bits per heavy atom. The number of carbonyl (C=O) groups excluding carboxylic acids is 2. The summed E-state index contributed by atoms with van der Waals surface area (Å²) < 4.78 is 5.93. The molecule has 3 unspecified atom stereocenters. The fraction of sp³-hybridized carbons (Fsp3) is 0.846. The van der Waals surface area contributed by atoms with Crippen molar-refractivity contribution in [2.24, 2.45) is 0 Å². The van der Waals surface area contributed by atoms with Gasteiger partial charge in [-0.15, -0.1) is 0 Å². The Morgan fingerprint density at radius 3 is 1.41 bits per heavy atom. The molecule has 3 N–H and O–H groups in total. The lowest BCUT2D eigenvalue weighted by atomic mass is 10.0. The molecule has 6 nitrogen and oxygen atoms in total. The predicted octanol–water partition coefficient (Wildman–Crippen LogP) is 14.9. The molecule has 0 aromatic rings. The van der Waals surface area contributed by atoms with Crippen LogP contribution in [-0.4, -0.2) is 46.9 Å². The van der Waals surface area contributed by atoms with Crippen molar-refractivity contribution in [2.75, 3.05) is 6.61 Å². The van der Waals surface area contributed by atoms with Gasteiger partial charge in [0.15, 0.2) is 0 Å². The van der Waals surface area contributed by atoms with Gasteiger partial charge >= 0.3 is 5.97 Å². The van der Waals surface area contributed by atoms with Crippen molar-refractivity contribution in [3.05, 3.63) is 36.5 Å². The van der Waals surface area contributed by atoms with E-state index in [9.17, 15) is 19.8 Å². The highest BCUT2D eigenvalue weighted by atomic mass is 16.5. The molecular weight excluding hydrogens is 719 g/mol. The zero-order valence-corrected chi connectivity index (χ0v) is 38.7. The standard InChI is InChI=1S/C52H97NO5/c1-4-7-10-13-16-19-22-24-25-26-28-30-33-36-39-42-45-52(57)58-48(43-40-37-34-31-29-27-23-20-17-14-11-8-5-2)46-51(56)53-49(47-54)50(55)44-41-38-35-32-21-18-15-12-9-6-3/h7,10,16,19,24-25,48-50,54-55H,4-6,8-9,11-15,17-18,20-23,26-47H2,1-3H3,(H,53,56)/b10-7+,19-16+,25-24+. The minimum atomic E-state index is -0.785. The minimum absolute atomic E-state index is 0.0759. The summed E-state index contributed by atoms with van der Waals surface area (Å²) >= 11 is 0. The highest BCUT2D eigenvalue weighted by molar-refractivity contribution is 5.77. The molecule has 0 aliphatic carbocycles. The number of esters is 1. The first-order valence-corrected chi connectivity index (χ1v) is 25.2. The number of allylic oxidation sites excluding steroid dienone is 6. The van der Waals surface area contributed by atoms with Gasteiger partial charge in [-0.1, -0.05) is 224 Å². The molecule has 0 aromatic heterocycles. The second-order valence-corrected chi connectivity index (χ2v) is 17.2. The Hall–Kier alpha value is -1.92. The van der Waals surface area contributed by atoms with Gasteiger partial charge in [-0.25, -0.2) is 0 Å². The van der Waals surface area contributed by atoms with E-state index in [0.717, 1.165) is 77.0 Å². The van der Waals surface area contributed by atoms with Crippen LogP contribution in [-0.2, 0) is 14.3 Å². The Balaban J connectivity index is 4.57. The van der Waals surface area contributed by atoms with Gasteiger partial charge in [0.05, 0.1) is 25.2 Å². The number of unbranched alkanes of at least 4 members (excludes halogenated alkanes) is 27. The number of carbonyl (C=O) groups is 2. The zero-order valence-electron chi connectivity index (χ0n) is 38.7. The molecule has 3 atom stereocenters. The van der Waals surface area contributed by atoms with E-state index >= 15 is 0 Å². The molecule has 0 spiro atoms. The van der Waals surface area contributed by atoms with Crippen LogP contribution in [0.4, 0.5) is 0 Å². The van der Waals surface area contributed by atoms with Crippen molar-refractivity contribution in [3.8, 4) is 0 Å². The van der Waals surface area contributed by atoms with Crippen LogP contribution in [0.25, 0.3) is 0 Å². The van der Waals surface area contributed by atoms with Gasteiger partial charge in [0.25, 0.3) is 0 Å². The summed E-state index contributed by atoms with van der Waals surface area (Å²) in [6, 6.07) is -0.699. The van der Waals surface area contributed by atoms with E-state index in [1.54, 1.807) is 0 Å². The first-order valence-electron chi connectivity index (χ1n) is 25.2. The summed E-state index contributed by atoms with van der Waals surface area (Å²) in [4.78, 5) is 26.1. The predicted molar refractivity (Wildman–Crippen MR) is 250 cm³/mol. The Labute approximate surface area is 360 Å². The summed E-state index contributed by atoms with van der Waals surface area (Å²) in [6.07, 6.45) is 53.4. The highest BCUT2D eigenvalue weighted by Gasteiger charge is 2.24. The largest absolute Gasteiger partial charge is 0.462 e. The Kier molecular flexibility index (Phi) is 44.6. The van der Waals surface area contributed by atoms with E-state index in [4.69, 9.17) is 4.74 Å². The van der Waals surface area contributed by atoms with E-state index in [1.165, 1.54) is 135 Å². The number of aliphatic hydroxyl groups excluding tert-OH is 2. The lowest BCUT2D eigenvalue weighted by molar-refractivity contribution is -0.151. The first kappa shape index (κ1) is 56.1. The van der Waals surface area contributed by atoms with Crippen LogP contribution >= 0.6 is 0 Å². The van der Waals surface area contributed by atoms with Crippen LogP contribution in [0.2, 0.25) is 0 Å². The maximum Gasteiger partial charge on any atom is 0.306 e. The molecule has 0 rings (SSSR count). The lowest BCUT2D eigenvalue weighted by Crippen LogP contribution is -2.46. The van der Waals surface area contributed by atoms with Gasteiger partial charge in [0.1, 0.15) is 6.10 Å². The van der Waals surface area contributed by atoms with E-state index in [-0.39, 0.29) is 24.9 Å². The summed E-state index contributed by atoms with van der Waals surface area (Å²) in [7, 11) is 0. The Morgan fingerprint density at radius 1 is 0.517 bits per heavy atom. The van der Waals surface area contributed by atoms with Crippen molar-refractivity contribution in [3.63, 3.8) is 0 Å². The molecule has 58 heavy (non-hydrogen) atoms. The maximum atomic E-state index is 13.2. The second kappa shape index (κ2) is 46.2. The lowest BCUT2D eigenvalue weighted by Gasteiger charge is -2.24. The molecule has 0 fully saturated rings. The summed E-state index contributed by atoms with van der Waals surface area (Å²) in [5, 5.41) is 23.7. The fourth-order valence-corrected chi connectivity index (χ4v) is 7.68. The topological polar surface area (TPSA) is 95.9 Å². The molecule has 6 heteroatoms. The van der Waals surface area contributed by atoms with Crippen molar-refractivity contribution < 1.29 is 24.5 Å². The van der Waals surface area contributed by atoms with Crippen molar-refractivity contribution >= 4 is 11.9 Å². The monoisotopic (exact) mass is 816 g/mol. The Bertz CT molecular complexity index is 961. The van der Waals surface area contributed by atoms with Gasteiger partial charge in [-0.3, -0.25) is 9.59 Å². The minimum Gasteiger partial charge on any atom is -0.462 e. The molecule has 0 saturated heterocycles. The third-order valence-corrected chi connectivity index (χ3v) is 11.5. The second-order valence-electron chi connectivity index (χ2n) is 17.2. The summed E-state index contributed by atoms with van der Waals surface area (Å²) in [5.74, 6) is -0.479. The summed E-state index contributed by atoms with van der Waals surface area (Å²) in [6.45, 7) is 6.37. The fourth-order valence-electron chi connectivity index (χ4n) is 7.68. The van der Waals surface area contributed by atoms with E-state index in [2.05, 4.69) is 62.5 Å². The van der Waals surface area contributed by atoms with Crippen molar-refractivity contribution in [2.45, 2.75) is 277 Å². The smallest absolute Gasteiger partial charge is 0.306 e. The molecule has 0 heterocycles. The van der Waals surface area contributed by atoms with Crippen LogP contribution in [0.5, 0.6) is 0 Å². The molecule has 0 saturated carbocycles. The number of ether oxygens (including phenoxy) is 1. The van der Waals surface area contributed by atoms with Gasteiger partial charge in [0, 0.05) is 6.42 Å². The van der Waals surface area contributed by atoms with E-state index in [0.29, 0.717) is 19.3 Å². The van der Waals surface area contributed by atoms with Crippen LogP contribution in [0.1, 0.15) is 258 Å². The number of rotatable bonds is 45. The quantitative estimate of drug-likeness (QED) is 0.0323.